The summed E-state index contributed by atoms with van der Waals surface area (Å²) in [5.74, 6) is -0.261. The highest BCUT2D eigenvalue weighted by atomic mass is 32.2. The van der Waals surface area contributed by atoms with Crippen LogP contribution in [0.1, 0.15) is 11.1 Å². The first-order valence-corrected chi connectivity index (χ1v) is 12.8. The number of methoxy groups -OCH3 is 1. The summed E-state index contributed by atoms with van der Waals surface area (Å²) in [5.41, 5.74) is 1.92. The van der Waals surface area contributed by atoms with Gasteiger partial charge in [-0.1, -0.05) is 42.5 Å². The molecule has 39 heavy (non-hydrogen) atoms. The maximum Gasteiger partial charge on any atom is 0.294 e. The molecule has 0 aliphatic carbocycles. The molecule has 4 aromatic carbocycles. The minimum Gasteiger partial charge on any atom is -0.497 e. The standard InChI is InChI=1S/C30H23FN2O5S/c1-37-23-13-11-22(12-14-23)32-28(34)17-33-29(35)27(39-30(33)36)16-25-24-5-3-2-4-20(24)8-15-26(25)38-18-19-6-9-21(31)10-7-19/h2-16H,17-18H2,1H3,(H,32,34)/b27-16+. The number of amides is 3. The Morgan fingerprint density at radius 2 is 1.72 bits per heavy atom. The van der Waals surface area contributed by atoms with Crippen LogP contribution in [0, 0.1) is 5.82 Å². The number of benzene rings is 4. The Bertz CT molecular complexity index is 1590. The van der Waals surface area contributed by atoms with Crippen molar-refractivity contribution in [2.45, 2.75) is 6.61 Å². The summed E-state index contributed by atoms with van der Waals surface area (Å²) in [6.45, 7) is -0.232. The number of imide groups is 1. The Kier molecular flexibility index (Phi) is 7.60. The zero-order valence-electron chi connectivity index (χ0n) is 20.8. The van der Waals surface area contributed by atoms with Crippen molar-refractivity contribution in [2.24, 2.45) is 0 Å². The van der Waals surface area contributed by atoms with E-state index in [0.717, 1.165) is 33.0 Å². The van der Waals surface area contributed by atoms with Crippen molar-refractivity contribution in [1.82, 2.24) is 4.90 Å². The van der Waals surface area contributed by atoms with Crippen LogP contribution in [-0.2, 0) is 16.2 Å². The molecule has 0 saturated carbocycles. The van der Waals surface area contributed by atoms with Crippen molar-refractivity contribution < 1.29 is 28.2 Å². The fourth-order valence-electron chi connectivity index (χ4n) is 4.08. The second-order valence-electron chi connectivity index (χ2n) is 8.66. The van der Waals surface area contributed by atoms with Crippen molar-refractivity contribution in [3.8, 4) is 11.5 Å². The van der Waals surface area contributed by atoms with Crippen molar-refractivity contribution in [1.29, 1.82) is 0 Å². The third kappa shape index (κ3) is 5.94. The minimum absolute atomic E-state index is 0.181. The number of thioether (sulfide) groups is 1. The van der Waals surface area contributed by atoms with Crippen molar-refractivity contribution in [2.75, 3.05) is 19.0 Å². The highest BCUT2D eigenvalue weighted by Gasteiger charge is 2.36. The van der Waals surface area contributed by atoms with Gasteiger partial charge in [0.25, 0.3) is 11.1 Å². The van der Waals surface area contributed by atoms with Crippen LogP contribution in [0.15, 0.2) is 89.8 Å². The predicted octanol–water partition coefficient (Wildman–Crippen LogP) is 6.24. The van der Waals surface area contributed by atoms with Gasteiger partial charge >= 0.3 is 0 Å². The molecule has 1 N–H and O–H groups in total. The number of hydrogen-bond donors (Lipinski definition) is 1. The van der Waals surface area contributed by atoms with Crippen LogP contribution in [0.2, 0.25) is 0 Å². The largest absolute Gasteiger partial charge is 0.497 e. The molecule has 1 heterocycles. The minimum atomic E-state index is -0.563. The van der Waals surface area contributed by atoms with Gasteiger partial charge in [-0.15, -0.1) is 0 Å². The van der Waals surface area contributed by atoms with E-state index in [-0.39, 0.29) is 17.3 Å². The average molecular weight is 543 g/mol. The van der Waals surface area contributed by atoms with Crippen LogP contribution in [0.4, 0.5) is 14.9 Å². The van der Waals surface area contributed by atoms with Crippen LogP contribution in [0.25, 0.3) is 16.8 Å². The van der Waals surface area contributed by atoms with Crippen LogP contribution in [0.3, 0.4) is 0 Å². The van der Waals surface area contributed by atoms with Gasteiger partial charge in [0, 0.05) is 11.3 Å². The average Bonchev–Trinajstić information content (AvgIpc) is 3.21. The molecule has 1 aliphatic heterocycles. The van der Waals surface area contributed by atoms with E-state index in [0.29, 0.717) is 22.7 Å². The van der Waals surface area contributed by atoms with Crippen LogP contribution < -0.4 is 14.8 Å². The summed E-state index contributed by atoms with van der Waals surface area (Å²) < 4.78 is 24.5. The zero-order chi connectivity index (χ0) is 27.4. The van der Waals surface area contributed by atoms with E-state index in [1.807, 2.05) is 30.3 Å². The summed E-state index contributed by atoms with van der Waals surface area (Å²) in [6.07, 6.45) is 1.62. The molecule has 0 bridgehead atoms. The molecule has 1 aliphatic rings. The van der Waals surface area contributed by atoms with Gasteiger partial charge in [0.2, 0.25) is 5.91 Å². The summed E-state index contributed by atoms with van der Waals surface area (Å²) in [7, 11) is 1.54. The van der Waals surface area contributed by atoms with Crippen molar-refractivity contribution in [3.63, 3.8) is 0 Å². The Morgan fingerprint density at radius 3 is 2.46 bits per heavy atom. The van der Waals surface area contributed by atoms with Gasteiger partial charge < -0.3 is 14.8 Å². The van der Waals surface area contributed by atoms with Gasteiger partial charge in [-0.3, -0.25) is 19.3 Å². The van der Waals surface area contributed by atoms with Crippen molar-refractivity contribution >= 4 is 51.4 Å². The van der Waals surface area contributed by atoms with E-state index in [2.05, 4.69) is 5.32 Å². The maximum atomic E-state index is 13.3. The van der Waals surface area contributed by atoms with Gasteiger partial charge in [-0.2, -0.15) is 0 Å². The number of nitrogens with zero attached hydrogens (tertiary/aromatic N) is 1. The lowest BCUT2D eigenvalue weighted by atomic mass is 10.0. The molecule has 0 radical (unpaired) electrons. The first-order chi connectivity index (χ1) is 18.9. The van der Waals surface area contributed by atoms with Gasteiger partial charge in [0.15, 0.2) is 0 Å². The van der Waals surface area contributed by atoms with Crippen molar-refractivity contribution in [3.05, 3.63) is 107 Å². The molecule has 7 nitrogen and oxygen atoms in total. The number of halogens is 1. The van der Waals surface area contributed by atoms with Crippen LogP contribution in [0.5, 0.6) is 11.5 Å². The quantitative estimate of drug-likeness (QED) is 0.265. The maximum absolute atomic E-state index is 13.3. The monoisotopic (exact) mass is 542 g/mol. The molecule has 196 valence electrons. The molecular weight excluding hydrogens is 519 g/mol. The number of hydrogen-bond acceptors (Lipinski definition) is 6. The van der Waals surface area contributed by atoms with E-state index >= 15 is 0 Å². The molecule has 0 atom stereocenters. The number of carbonyl (C=O) groups is 3. The molecule has 1 fully saturated rings. The second-order valence-corrected chi connectivity index (χ2v) is 9.65. The molecule has 3 amide bonds. The first kappa shape index (κ1) is 26.0. The third-order valence-electron chi connectivity index (χ3n) is 6.06. The summed E-state index contributed by atoms with van der Waals surface area (Å²) >= 11 is 0.768. The molecule has 4 aromatic rings. The van der Waals surface area contributed by atoms with E-state index in [4.69, 9.17) is 9.47 Å². The van der Waals surface area contributed by atoms with E-state index in [1.54, 1.807) is 55.7 Å². The lowest BCUT2D eigenvalue weighted by Crippen LogP contribution is -2.36. The van der Waals surface area contributed by atoms with Gasteiger partial charge in [-0.05, 0) is 76.6 Å². The molecule has 5 rings (SSSR count). The second kappa shape index (κ2) is 11.4. The highest BCUT2D eigenvalue weighted by molar-refractivity contribution is 8.18. The Hall–Kier alpha value is -4.63. The Balaban J connectivity index is 1.37. The smallest absolute Gasteiger partial charge is 0.294 e. The van der Waals surface area contributed by atoms with Gasteiger partial charge in [0.05, 0.1) is 12.0 Å². The highest BCUT2D eigenvalue weighted by Crippen LogP contribution is 2.37. The molecule has 1 saturated heterocycles. The first-order valence-electron chi connectivity index (χ1n) is 12.0. The predicted molar refractivity (Wildman–Crippen MR) is 149 cm³/mol. The normalized spacial score (nSPS) is 14.2. The molecular formula is C30H23FN2O5S. The topological polar surface area (TPSA) is 84.9 Å². The van der Waals surface area contributed by atoms with Crippen LogP contribution >= 0.6 is 11.8 Å². The Morgan fingerprint density at radius 1 is 0.974 bits per heavy atom. The lowest BCUT2D eigenvalue weighted by Gasteiger charge is -2.14. The third-order valence-corrected chi connectivity index (χ3v) is 6.97. The van der Waals surface area contributed by atoms with E-state index in [9.17, 15) is 18.8 Å². The zero-order valence-corrected chi connectivity index (χ0v) is 21.7. The van der Waals surface area contributed by atoms with Gasteiger partial charge in [0.1, 0.15) is 30.5 Å². The fourth-order valence-corrected chi connectivity index (χ4v) is 4.90. The number of ether oxygens (including phenoxy) is 2. The fraction of sp³-hybridized carbons (Fsp3) is 0.100. The lowest BCUT2D eigenvalue weighted by molar-refractivity contribution is -0.127. The van der Waals surface area contributed by atoms with E-state index < -0.39 is 23.6 Å². The number of anilines is 1. The van der Waals surface area contributed by atoms with Crippen LogP contribution in [-0.4, -0.2) is 35.6 Å². The molecule has 9 heteroatoms. The molecule has 0 aromatic heterocycles. The SMILES string of the molecule is COc1ccc(NC(=O)CN2C(=O)S/C(=C/c3c(OCc4ccc(F)cc4)ccc4ccccc34)C2=O)cc1. The number of fused-ring (bicyclic) bond motifs is 1. The summed E-state index contributed by atoms with van der Waals surface area (Å²) in [6, 6.07) is 24.0. The Labute approximate surface area is 228 Å². The van der Waals surface area contributed by atoms with E-state index in [1.165, 1.54) is 12.1 Å². The number of carbonyl (C=O) groups excluding carboxylic acids is 3. The molecule has 0 unspecified atom stereocenters. The number of rotatable bonds is 8. The summed E-state index contributed by atoms with van der Waals surface area (Å²) in [5, 5.41) is 3.90. The summed E-state index contributed by atoms with van der Waals surface area (Å²) in [4.78, 5) is 39.6. The number of nitrogens with one attached hydrogen (secondary N) is 1. The molecule has 0 spiro atoms. The van der Waals surface area contributed by atoms with Gasteiger partial charge in [-0.25, -0.2) is 4.39 Å².